The van der Waals surface area contributed by atoms with Crippen LogP contribution in [-0.4, -0.2) is 52.1 Å². The molecule has 2 rings (SSSR count). The Morgan fingerprint density at radius 1 is 0.857 bits per heavy atom. The molecule has 0 fully saturated rings. The lowest BCUT2D eigenvalue weighted by molar-refractivity contribution is -0.0221. The third kappa shape index (κ3) is 8.94. The Bertz CT molecular complexity index is 984. The van der Waals surface area contributed by atoms with E-state index < -0.39 is 48.0 Å². The number of carbonyl (C=O) groups excluding carboxylic acids is 3. The number of aliphatic hydroxyl groups excluding tert-OH is 1. The summed E-state index contributed by atoms with van der Waals surface area (Å²) in [7, 11) is 0. The van der Waals surface area contributed by atoms with Crippen molar-refractivity contribution in [2.45, 2.75) is 64.8 Å². The third-order valence-electron chi connectivity index (χ3n) is 4.59. The van der Waals surface area contributed by atoms with Crippen LogP contribution in [0.2, 0.25) is 0 Å². The Labute approximate surface area is 206 Å². The summed E-state index contributed by atoms with van der Waals surface area (Å²) in [5, 5.41) is 14.2. The SMILES string of the molecule is CC(C)(C)OC(=O)NN(C(=O)OC(C)(C)C)[C@H](CO)[C@@H](NC(=O)c1ccccc1)c1ccccc1. The Morgan fingerprint density at radius 2 is 1.37 bits per heavy atom. The van der Waals surface area contributed by atoms with Crippen molar-refractivity contribution in [3.63, 3.8) is 0 Å². The second-order valence-corrected chi connectivity index (χ2v) is 9.94. The maximum absolute atomic E-state index is 13.2. The van der Waals surface area contributed by atoms with Gasteiger partial charge in [-0.3, -0.25) is 4.79 Å². The van der Waals surface area contributed by atoms with Crippen LogP contribution in [0.1, 0.15) is 63.5 Å². The van der Waals surface area contributed by atoms with Crippen molar-refractivity contribution in [3.8, 4) is 0 Å². The maximum atomic E-state index is 13.2. The molecule has 9 heteroatoms. The fourth-order valence-electron chi connectivity index (χ4n) is 3.19. The largest absolute Gasteiger partial charge is 0.443 e. The molecule has 0 unspecified atom stereocenters. The molecule has 0 aliphatic carbocycles. The summed E-state index contributed by atoms with van der Waals surface area (Å²) in [5.74, 6) is -0.417. The number of nitrogens with one attached hydrogen (secondary N) is 2. The number of hydrazine groups is 1. The van der Waals surface area contributed by atoms with Crippen LogP contribution in [-0.2, 0) is 9.47 Å². The van der Waals surface area contributed by atoms with Crippen molar-refractivity contribution in [1.82, 2.24) is 15.8 Å². The second kappa shape index (κ2) is 11.7. The van der Waals surface area contributed by atoms with E-state index in [9.17, 15) is 19.5 Å². The van der Waals surface area contributed by atoms with Crippen molar-refractivity contribution in [3.05, 3.63) is 71.8 Å². The Kier molecular flexibility index (Phi) is 9.25. The normalized spacial score (nSPS) is 13.2. The van der Waals surface area contributed by atoms with Crippen molar-refractivity contribution in [2.24, 2.45) is 0 Å². The molecule has 190 valence electrons. The number of carbonyl (C=O) groups is 3. The van der Waals surface area contributed by atoms with Crippen LogP contribution in [0.15, 0.2) is 60.7 Å². The fraction of sp³-hybridized carbons (Fsp3) is 0.423. The van der Waals surface area contributed by atoms with Gasteiger partial charge in [-0.1, -0.05) is 48.5 Å². The topological polar surface area (TPSA) is 117 Å². The molecule has 0 aliphatic heterocycles. The summed E-state index contributed by atoms with van der Waals surface area (Å²) in [6, 6.07) is 15.3. The number of aliphatic hydroxyl groups is 1. The highest BCUT2D eigenvalue weighted by Crippen LogP contribution is 2.23. The molecule has 3 amide bonds. The standard InChI is InChI=1S/C26H35N3O6/c1-25(2,3)34-23(32)28-29(24(33)35-26(4,5)6)20(17-30)21(18-13-9-7-10-14-18)27-22(31)19-15-11-8-12-16-19/h7-16,20-21,30H,17H2,1-6H3,(H,27,31)(H,28,32)/t20-,21+/m1/s1. The lowest BCUT2D eigenvalue weighted by Gasteiger charge is -2.37. The third-order valence-corrected chi connectivity index (χ3v) is 4.59. The van der Waals surface area contributed by atoms with E-state index in [1.54, 1.807) is 102 Å². The number of hydrogen-bond donors (Lipinski definition) is 3. The number of hydrogen-bond acceptors (Lipinski definition) is 6. The molecule has 0 aliphatic rings. The van der Waals surface area contributed by atoms with Crippen LogP contribution in [0.3, 0.4) is 0 Å². The minimum atomic E-state index is -1.13. The smallest absolute Gasteiger partial charge is 0.429 e. The second-order valence-electron chi connectivity index (χ2n) is 9.94. The van der Waals surface area contributed by atoms with Gasteiger partial charge >= 0.3 is 12.2 Å². The first-order chi connectivity index (χ1) is 16.3. The van der Waals surface area contributed by atoms with E-state index in [1.165, 1.54) is 0 Å². The van der Waals surface area contributed by atoms with Crippen molar-refractivity contribution in [1.29, 1.82) is 0 Å². The van der Waals surface area contributed by atoms with Gasteiger partial charge in [0.15, 0.2) is 0 Å². The molecule has 2 aromatic rings. The summed E-state index contributed by atoms with van der Waals surface area (Å²) in [5.41, 5.74) is 1.68. The van der Waals surface area contributed by atoms with Crippen LogP contribution in [0, 0.1) is 0 Å². The van der Waals surface area contributed by atoms with Crippen LogP contribution < -0.4 is 10.7 Å². The van der Waals surface area contributed by atoms with E-state index in [0.29, 0.717) is 11.1 Å². The zero-order valence-corrected chi connectivity index (χ0v) is 21.1. The molecule has 0 spiro atoms. The van der Waals surface area contributed by atoms with Crippen molar-refractivity contribution in [2.75, 3.05) is 6.61 Å². The summed E-state index contributed by atoms with van der Waals surface area (Å²) >= 11 is 0. The van der Waals surface area contributed by atoms with Gasteiger partial charge in [-0.25, -0.2) is 20.0 Å². The monoisotopic (exact) mass is 485 g/mol. The average molecular weight is 486 g/mol. The summed E-state index contributed by atoms with van der Waals surface area (Å²) < 4.78 is 10.8. The minimum Gasteiger partial charge on any atom is -0.443 e. The van der Waals surface area contributed by atoms with Crippen LogP contribution in [0.4, 0.5) is 9.59 Å². The average Bonchev–Trinajstić information content (AvgIpc) is 2.76. The fourth-order valence-corrected chi connectivity index (χ4v) is 3.19. The minimum absolute atomic E-state index is 0.397. The van der Waals surface area contributed by atoms with Crippen LogP contribution in [0.5, 0.6) is 0 Å². The predicted octanol–water partition coefficient (Wildman–Crippen LogP) is 4.20. The molecule has 9 nitrogen and oxygen atoms in total. The lowest BCUT2D eigenvalue weighted by Crippen LogP contribution is -2.59. The van der Waals surface area contributed by atoms with E-state index in [4.69, 9.17) is 9.47 Å². The zero-order chi connectivity index (χ0) is 26.2. The van der Waals surface area contributed by atoms with Gasteiger partial charge in [-0.15, -0.1) is 0 Å². The first-order valence-corrected chi connectivity index (χ1v) is 11.3. The number of rotatable bonds is 6. The molecule has 0 saturated heterocycles. The van der Waals surface area contributed by atoms with E-state index in [1.807, 2.05) is 0 Å². The van der Waals surface area contributed by atoms with E-state index in [-0.39, 0.29) is 0 Å². The van der Waals surface area contributed by atoms with Crippen molar-refractivity contribution < 1.29 is 29.0 Å². The number of ether oxygens (including phenoxy) is 2. The van der Waals surface area contributed by atoms with Gasteiger partial charge in [0.25, 0.3) is 5.91 Å². The van der Waals surface area contributed by atoms with Gasteiger partial charge in [0.2, 0.25) is 0 Å². The maximum Gasteiger partial charge on any atom is 0.429 e. The highest BCUT2D eigenvalue weighted by atomic mass is 16.6. The first-order valence-electron chi connectivity index (χ1n) is 11.3. The molecule has 35 heavy (non-hydrogen) atoms. The quantitative estimate of drug-likeness (QED) is 0.528. The molecule has 0 aromatic heterocycles. The molecule has 0 saturated carbocycles. The molecule has 2 atom stereocenters. The Morgan fingerprint density at radius 3 is 1.86 bits per heavy atom. The highest BCUT2D eigenvalue weighted by Gasteiger charge is 2.37. The molecule has 0 bridgehead atoms. The molecule has 3 N–H and O–H groups in total. The highest BCUT2D eigenvalue weighted by molar-refractivity contribution is 5.94. The van der Waals surface area contributed by atoms with Gasteiger partial charge in [-0.2, -0.15) is 0 Å². The molecular formula is C26H35N3O6. The number of benzene rings is 2. The van der Waals surface area contributed by atoms with Gasteiger partial charge < -0.3 is 19.9 Å². The number of amides is 3. The molecule has 2 aromatic carbocycles. The van der Waals surface area contributed by atoms with Gasteiger partial charge in [0.1, 0.15) is 17.2 Å². The molecule has 0 radical (unpaired) electrons. The number of nitrogens with zero attached hydrogens (tertiary/aromatic N) is 1. The van der Waals surface area contributed by atoms with E-state index in [2.05, 4.69) is 10.7 Å². The van der Waals surface area contributed by atoms with Crippen molar-refractivity contribution >= 4 is 18.1 Å². The summed E-state index contributed by atoms with van der Waals surface area (Å²) in [6.07, 6.45) is -1.83. The summed E-state index contributed by atoms with van der Waals surface area (Å²) in [4.78, 5) is 38.8. The van der Waals surface area contributed by atoms with E-state index >= 15 is 0 Å². The van der Waals surface area contributed by atoms with Gasteiger partial charge in [0.05, 0.1) is 12.6 Å². The van der Waals surface area contributed by atoms with Gasteiger partial charge in [0, 0.05) is 5.56 Å². The Hall–Kier alpha value is -3.59. The van der Waals surface area contributed by atoms with Crippen LogP contribution in [0.25, 0.3) is 0 Å². The van der Waals surface area contributed by atoms with Gasteiger partial charge in [-0.05, 0) is 59.2 Å². The molecule has 0 heterocycles. The first kappa shape index (κ1) is 27.7. The van der Waals surface area contributed by atoms with E-state index in [0.717, 1.165) is 5.01 Å². The van der Waals surface area contributed by atoms with Crippen LogP contribution >= 0.6 is 0 Å². The Balaban J connectivity index is 2.47. The lowest BCUT2D eigenvalue weighted by atomic mass is 9.98. The zero-order valence-electron chi connectivity index (χ0n) is 21.1. The molecular weight excluding hydrogens is 450 g/mol. The predicted molar refractivity (Wildman–Crippen MR) is 131 cm³/mol. The summed E-state index contributed by atoms with van der Waals surface area (Å²) in [6.45, 7) is 9.47.